The molecule has 96 valence electrons. The lowest BCUT2D eigenvalue weighted by atomic mass is 10.1. The number of nitrogens with zero attached hydrogens (tertiary/aromatic N) is 2. The number of aromatic nitrogens is 2. The van der Waals surface area contributed by atoms with Crippen molar-refractivity contribution in [2.75, 3.05) is 6.54 Å². The predicted octanol–water partition coefficient (Wildman–Crippen LogP) is 2.16. The average molecular weight is 253 g/mol. The Morgan fingerprint density at radius 3 is 2.95 bits per heavy atom. The number of carbonyl (C=O) groups excluding carboxylic acids is 1. The van der Waals surface area contributed by atoms with E-state index in [1.807, 2.05) is 12.1 Å². The van der Waals surface area contributed by atoms with Crippen molar-refractivity contribution in [2.24, 2.45) is 0 Å². The lowest BCUT2D eigenvalue weighted by Crippen LogP contribution is -2.24. The molecule has 0 saturated heterocycles. The Bertz CT molecular complexity index is 611. The molecule has 0 saturated carbocycles. The molecular weight excluding hydrogens is 238 g/mol. The Labute approximate surface area is 112 Å². The Balaban J connectivity index is 2.03. The average Bonchev–Trinajstić information content (AvgIpc) is 2.46. The van der Waals surface area contributed by atoms with E-state index < -0.39 is 0 Å². The van der Waals surface area contributed by atoms with Gasteiger partial charge in [0.2, 0.25) is 0 Å². The third-order valence-electron chi connectivity index (χ3n) is 2.78. The summed E-state index contributed by atoms with van der Waals surface area (Å²) in [6.45, 7) is 0.622. The van der Waals surface area contributed by atoms with E-state index in [1.54, 1.807) is 18.5 Å². The van der Waals surface area contributed by atoms with E-state index in [-0.39, 0.29) is 5.91 Å². The van der Waals surface area contributed by atoms with E-state index in [4.69, 9.17) is 6.42 Å². The first-order valence-corrected chi connectivity index (χ1v) is 6.24. The lowest BCUT2D eigenvalue weighted by Gasteiger charge is -2.06. The first-order chi connectivity index (χ1) is 9.33. The fourth-order valence-corrected chi connectivity index (χ4v) is 1.83. The van der Waals surface area contributed by atoms with Gasteiger partial charge in [-0.3, -0.25) is 14.8 Å². The third kappa shape index (κ3) is 3.29. The van der Waals surface area contributed by atoms with E-state index in [1.165, 1.54) is 0 Å². The van der Waals surface area contributed by atoms with Gasteiger partial charge in [-0.25, -0.2) is 0 Å². The SMILES string of the molecule is C#CCCCCNC(=O)c1cccc2nccnc12. The zero-order valence-corrected chi connectivity index (χ0v) is 10.6. The number of carbonyl (C=O) groups is 1. The molecule has 19 heavy (non-hydrogen) atoms. The minimum absolute atomic E-state index is 0.119. The maximum atomic E-state index is 12.1. The molecular formula is C15H15N3O. The number of nitrogens with one attached hydrogen (secondary N) is 1. The van der Waals surface area contributed by atoms with Gasteiger partial charge in [-0.1, -0.05) is 6.07 Å². The summed E-state index contributed by atoms with van der Waals surface area (Å²) in [7, 11) is 0. The molecule has 0 aliphatic carbocycles. The molecule has 0 aliphatic heterocycles. The van der Waals surface area contributed by atoms with Gasteiger partial charge >= 0.3 is 0 Å². The number of hydrogen-bond acceptors (Lipinski definition) is 3. The molecule has 0 atom stereocenters. The number of rotatable bonds is 5. The van der Waals surface area contributed by atoms with Gasteiger partial charge in [-0.05, 0) is 25.0 Å². The largest absolute Gasteiger partial charge is 0.352 e. The van der Waals surface area contributed by atoms with Gasteiger partial charge in [0, 0.05) is 25.4 Å². The summed E-state index contributed by atoms with van der Waals surface area (Å²) in [5.41, 5.74) is 1.91. The van der Waals surface area contributed by atoms with Gasteiger partial charge in [0.25, 0.3) is 5.91 Å². The molecule has 1 aromatic heterocycles. The standard InChI is InChI=1S/C15H15N3O/c1-2-3-4-5-9-18-15(19)12-7-6-8-13-14(12)17-11-10-16-13/h1,6-8,10-11H,3-5,9H2,(H,18,19). The highest BCUT2D eigenvalue weighted by molar-refractivity contribution is 6.04. The summed E-state index contributed by atoms with van der Waals surface area (Å²) in [5, 5.41) is 2.87. The topological polar surface area (TPSA) is 54.9 Å². The minimum Gasteiger partial charge on any atom is -0.352 e. The normalized spacial score (nSPS) is 10.1. The van der Waals surface area contributed by atoms with Crippen LogP contribution in [0.4, 0.5) is 0 Å². The van der Waals surface area contributed by atoms with Crippen LogP contribution in [-0.4, -0.2) is 22.4 Å². The van der Waals surface area contributed by atoms with Crippen molar-refractivity contribution in [3.8, 4) is 12.3 Å². The molecule has 1 heterocycles. The summed E-state index contributed by atoms with van der Waals surface area (Å²) in [4.78, 5) is 20.5. The maximum Gasteiger partial charge on any atom is 0.253 e. The molecule has 4 heteroatoms. The van der Waals surface area contributed by atoms with E-state index in [0.29, 0.717) is 17.6 Å². The van der Waals surface area contributed by atoms with Gasteiger partial charge in [-0.2, -0.15) is 0 Å². The first-order valence-electron chi connectivity index (χ1n) is 6.24. The number of fused-ring (bicyclic) bond motifs is 1. The molecule has 0 fully saturated rings. The Hall–Kier alpha value is -2.41. The number of benzene rings is 1. The fourth-order valence-electron chi connectivity index (χ4n) is 1.83. The first kappa shape index (κ1) is 13.0. The van der Waals surface area contributed by atoms with Crippen molar-refractivity contribution < 1.29 is 4.79 Å². The zero-order valence-electron chi connectivity index (χ0n) is 10.6. The van der Waals surface area contributed by atoms with Crippen molar-refractivity contribution in [2.45, 2.75) is 19.3 Å². The predicted molar refractivity (Wildman–Crippen MR) is 74.6 cm³/mol. The summed E-state index contributed by atoms with van der Waals surface area (Å²) in [6.07, 6.45) is 10.9. The highest BCUT2D eigenvalue weighted by Gasteiger charge is 2.10. The monoisotopic (exact) mass is 253 g/mol. The number of amides is 1. The number of hydrogen-bond donors (Lipinski definition) is 1. The van der Waals surface area contributed by atoms with Crippen LogP contribution in [0.3, 0.4) is 0 Å². The summed E-state index contributed by atoms with van der Waals surface area (Å²) >= 11 is 0. The third-order valence-corrected chi connectivity index (χ3v) is 2.78. The highest BCUT2D eigenvalue weighted by atomic mass is 16.1. The quantitative estimate of drug-likeness (QED) is 0.656. The van der Waals surface area contributed by atoms with Crippen molar-refractivity contribution in [1.29, 1.82) is 0 Å². The fraction of sp³-hybridized carbons (Fsp3) is 0.267. The Morgan fingerprint density at radius 1 is 1.26 bits per heavy atom. The molecule has 0 unspecified atom stereocenters. The molecule has 0 bridgehead atoms. The van der Waals surface area contributed by atoms with Crippen molar-refractivity contribution in [3.63, 3.8) is 0 Å². The molecule has 1 aromatic carbocycles. The van der Waals surface area contributed by atoms with Crippen LogP contribution in [-0.2, 0) is 0 Å². The van der Waals surface area contributed by atoms with Crippen LogP contribution in [0.5, 0.6) is 0 Å². The van der Waals surface area contributed by atoms with Crippen molar-refractivity contribution in [1.82, 2.24) is 15.3 Å². The van der Waals surface area contributed by atoms with Crippen LogP contribution in [0.25, 0.3) is 11.0 Å². The van der Waals surface area contributed by atoms with Gasteiger partial charge in [0.05, 0.1) is 11.1 Å². The summed E-state index contributed by atoms with van der Waals surface area (Å²) in [5.74, 6) is 2.46. The Kier molecular flexibility index (Phi) is 4.46. The van der Waals surface area contributed by atoms with E-state index >= 15 is 0 Å². The van der Waals surface area contributed by atoms with Crippen LogP contribution in [0.15, 0.2) is 30.6 Å². The highest BCUT2D eigenvalue weighted by Crippen LogP contribution is 2.13. The molecule has 0 spiro atoms. The second kappa shape index (κ2) is 6.50. The van der Waals surface area contributed by atoms with E-state index in [2.05, 4.69) is 21.2 Å². The minimum atomic E-state index is -0.119. The number of unbranched alkanes of at least 4 members (excludes halogenated alkanes) is 2. The maximum absolute atomic E-state index is 12.1. The smallest absolute Gasteiger partial charge is 0.253 e. The zero-order chi connectivity index (χ0) is 13.5. The van der Waals surface area contributed by atoms with Gasteiger partial charge in [0.15, 0.2) is 0 Å². The second-order valence-corrected chi connectivity index (χ2v) is 4.15. The molecule has 1 amide bonds. The lowest BCUT2D eigenvalue weighted by molar-refractivity contribution is 0.0954. The van der Waals surface area contributed by atoms with E-state index in [9.17, 15) is 4.79 Å². The summed E-state index contributed by atoms with van der Waals surface area (Å²) in [6, 6.07) is 5.41. The molecule has 2 rings (SSSR count). The van der Waals surface area contributed by atoms with Crippen LogP contribution in [0.2, 0.25) is 0 Å². The molecule has 0 aliphatic rings. The van der Waals surface area contributed by atoms with Crippen molar-refractivity contribution >= 4 is 16.9 Å². The second-order valence-electron chi connectivity index (χ2n) is 4.15. The number of para-hydroxylation sites is 1. The number of terminal acetylenes is 1. The van der Waals surface area contributed by atoms with Gasteiger partial charge in [-0.15, -0.1) is 12.3 Å². The molecule has 2 aromatic rings. The van der Waals surface area contributed by atoms with Gasteiger partial charge in [0.1, 0.15) is 5.52 Å². The molecule has 4 nitrogen and oxygen atoms in total. The van der Waals surface area contributed by atoms with Crippen LogP contribution in [0.1, 0.15) is 29.6 Å². The molecule has 1 N–H and O–H groups in total. The van der Waals surface area contributed by atoms with Crippen LogP contribution < -0.4 is 5.32 Å². The van der Waals surface area contributed by atoms with Gasteiger partial charge < -0.3 is 5.32 Å². The van der Waals surface area contributed by atoms with Crippen molar-refractivity contribution in [3.05, 3.63) is 36.2 Å². The molecule has 0 radical (unpaired) electrons. The van der Waals surface area contributed by atoms with E-state index in [0.717, 1.165) is 24.8 Å². The Morgan fingerprint density at radius 2 is 2.11 bits per heavy atom. The summed E-state index contributed by atoms with van der Waals surface area (Å²) < 4.78 is 0. The van der Waals surface area contributed by atoms with Crippen LogP contribution >= 0.6 is 0 Å². The van der Waals surface area contributed by atoms with Crippen LogP contribution in [0, 0.1) is 12.3 Å².